The predicted molar refractivity (Wildman–Crippen MR) is 109 cm³/mol. The summed E-state index contributed by atoms with van der Waals surface area (Å²) in [6.45, 7) is 2.14. The summed E-state index contributed by atoms with van der Waals surface area (Å²) in [7, 11) is 0. The van der Waals surface area contributed by atoms with E-state index in [9.17, 15) is 18.0 Å². The summed E-state index contributed by atoms with van der Waals surface area (Å²) in [5.74, 6) is -1.81. The normalized spacial score (nSPS) is 14.8. The maximum Gasteiger partial charge on any atom is 0.471 e. The van der Waals surface area contributed by atoms with Crippen molar-refractivity contribution in [3.05, 3.63) is 63.7 Å². The van der Waals surface area contributed by atoms with Crippen LogP contribution in [-0.2, 0) is 24.2 Å². The third-order valence-electron chi connectivity index (χ3n) is 5.16. The Kier molecular flexibility index (Phi) is 6.55. The van der Waals surface area contributed by atoms with Crippen molar-refractivity contribution in [1.82, 2.24) is 4.90 Å². The molecule has 1 amide bonds. The summed E-state index contributed by atoms with van der Waals surface area (Å²) >= 11 is 6.37. The second-order valence-electron chi connectivity index (χ2n) is 7.09. The molecule has 0 aliphatic carbocycles. The van der Waals surface area contributed by atoms with Crippen molar-refractivity contribution in [2.45, 2.75) is 32.5 Å². The van der Waals surface area contributed by atoms with Crippen LogP contribution in [0.3, 0.4) is 0 Å². The summed E-state index contributed by atoms with van der Waals surface area (Å²) in [6, 6.07) is 11.0. The van der Waals surface area contributed by atoms with E-state index >= 15 is 0 Å². The number of nitrogens with zero attached hydrogens (tertiary/aromatic N) is 2. The van der Waals surface area contributed by atoms with Crippen LogP contribution in [0.5, 0.6) is 0 Å². The summed E-state index contributed by atoms with van der Waals surface area (Å²) < 4.78 is 38.4. The van der Waals surface area contributed by atoms with Gasteiger partial charge in [0.25, 0.3) is 0 Å². The Balaban J connectivity index is 1.76. The molecule has 0 unspecified atom stereocenters. The monoisotopic (exact) mass is 439 g/mol. The van der Waals surface area contributed by atoms with Crippen LogP contribution in [0.1, 0.15) is 29.2 Å². The Hall–Kier alpha value is -2.74. The second-order valence-corrected chi connectivity index (χ2v) is 7.49. The number of hydrogen-bond acceptors (Lipinski definition) is 4. The lowest BCUT2D eigenvalue weighted by Gasteiger charge is -2.21. The van der Waals surface area contributed by atoms with Crippen LogP contribution in [0.15, 0.2) is 41.6 Å². The molecule has 0 fully saturated rings. The van der Waals surface area contributed by atoms with Gasteiger partial charge in [0.05, 0.1) is 16.4 Å². The molecular formula is C21H21ClF3N3O2. The van der Waals surface area contributed by atoms with E-state index < -0.39 is 12.1 Å². The maximum atomic E-state index is 12.8. The van der Waals surface area contributed by atoms with Gasteiger partial charge < -0.3 is 15.4 Å². The van der Waals surface area contributed by atoms with Crippen LogP contribution >= 0.6 is 11.6 Å². The SMILES string of the molecule is C/C(=N\O)c1ccc(CNc2c(Cl)ccc3c2CCN(C(=O)C(F)(F)F)CC3)cc1. The fraction of sp³-hybridized carbons (Fsp3) is 0.333. The quantitative estimate of drug-likeness (QED) is 0.414. The molecule has 0 saturated heterocycles. The molecular weight excluding hydrogens is 419 g/mol. The topological polar surface area (TPSA) is 64.9 Å². The Morgan fingerprint density at radius 2 is 1.83 bits per heavy atom. The smallest absolute Gasteiger partial charge is 0.411 e. The van der Waals surface area contributed by atoms with Gasteiger partial charge in [0.2, 0.25) is 0 Å². The number of hydrogen-bond donors (Lipinski definition) is 2. The molecule has 2 aromatic carbocycles. The highest BCUT2D eigenvalue weighted by Gasteiger charge is 2.42. The van der Waals surface area contributed by atoms with E-state index in [2.05, 4.69) is 10.5 Å². The average molecular weight is 440 g/mol. The lowest BCUT2D eigenvalue weighted by molar-refractivity contribution is -0.185. The molecule has 5 nitrogen and oxygen atoms in total. The predicted octanol–water partition coefficient (Wildman–Crippen LogP) is 4.64. The van der Waals surface area contributed by atoms with Crippen LogP contribution in [0.25, 0.3) is 0 Å². The van der Waals surface area contributed by atoms with Gasteiger partial charge in [-0.3, -0.25) is 4.79 Å². The number of carbonyl (C=O) groups is 1. The van der Waals surface area contributed by atoms with Crippen LogP contribution in [0, 0.1) is 0 Å². The van der Waals surface area contributed by atoms with E-state index in [1.807, 2.05) is 24.3 Å². The molecule has 0 saturated carbocycles. The highest BCUT2D eigenvalue weighted by atomic mass is 35.5. The fourth-order valence-corrected chi connectivity index (χ4v) is 3.73. The third-order valence-corrected chi connectivity index (χ3v) is 5.48. The molecule has 0 radical (unpaired) electrons. The number of carbonyl (C=O) groups excluding carboxylic acids is 1. The molecule has 160 valence electrons. The number of amides is 1. The first-order chi connectivity index (χ1) is 14.2. The van der Waals surface area contributed by atoms with Crippen molar-refractivity contribution >= 4 is 28.9 Å². The Labute approximate surface area is 177 Å². The van der Waals surface area contributed by atoms with E-state index in [-0.39, 0.29) is 19.5 Å². The minimum Gasteiger partial charge on any atom is -0.411 e. The molecule has 30 heavy (non-hydrogen) atoms. The molecule has 1 aliphatic heterocycles. The van der Waals surface area contributed by atoms with Gasteiger partial charge in [0, 0.05) is 19.6 Å². The van der Waals surface area contributed by atoms with Crippen LogP contribution in [-0.4, -0.2) is 41.0 Å². The Bertz CT molecular complexity index is 959. The van der Waals surface area contributed by atoms with Gasteiger partial charge in [-0.1, -0.05) is 47.1 Å². The van der Waals surface area contributed by atoms with Crippen molar-refractivity contribution in [1.29, 1.82) is 0 Å². The Morgan fingerprint density at radius 1 is 1.17 bits per heavy atom. The van der Waals surface area contributed by atoms with Gasteiger partial charge in [-0.25, -0.2) is 0 Å². The van der Waals surface area contributed by atoms with Crippen molar-refractivity contribution in [2.24, 2.45) is 5.16 Å². The van der Waals surface area contributed by atoms with Crippen molar-refractivity contribution in [3.63, 3.8) is 0 Å². The number of oxime groups is 1. The molecule has 0 aromatic heterocycles. The van der Waals surface area contributed by atoms with Gasteiger partial charge in [0.15, 0.2) is 0 Å². The number of alkyl halides is 3. The minimum absolute atomic E-state index is 0.0135. The minimum atomic E-state index is -4.87. The van der Waals surface area contributed by atoms with Crippen molar-refractivity contribution < 1.29 is 23.2 Å². The highest BCUT2D eigenvalue weighted by molar-refractivity contribution is 6.33. The molecule has 1 heterocycles. The zero-order chi connectivity index (χ0) is 21.9. The summed E-state index contributed by atoms with van der Waals surface area (Å²) in [4.78, 5) is 12.5. The number of nitrogens with one attached hydrogen (secondary N) is 1. The number of fused-ring (bicyclic) bond motifs is 1. The number of anilines is 1. The van der Waals surface area contributed by atoms with Gasteiger partial charge in [-0.05, 0) is 48.1 Å². The molecule has 9 heteroatoms. The highest BCUT2D eigenvalue weighted by Crippen LogP contribution is 2.32. The van der Waals surface area contributed by atoms with Gasteiger partial charge in [0.1, 0.15) is 0 Å². The third kappa shape index (κ3) is 4.87. The molecule has 1 aliphatic rings. The standard InChI is InChI=1S/C21H21ClF3N3O2/c1-13(27-30)15-4-2-14(3-5-15)12-26-19-17-9-11-28(20(29)21(23,24)25)10-8-16(17)6-7-18(19)22/h2-7,26,30H,8-12H2,1H3/b27-13+. The lowest BCUT2D eigenvalue weighted by Crippen LogP contribution is -2.42. The largest absolute Gasteiger partial charge is 0.471 e. The summed E-state index contributed by atoms with van der Waals surface area (Å²) in [6.07, 6.45) is -4.26. The number of halogens is 4. The van der Waals surface area contributed by atoms with E-state index in [1.54, 1.807) is 19.1 Å². The van der Waals surface area contributed by atoms with Gasteiger partial charge >= 0.3 is 12.1 Å². The molecule has 0 atom stereocenters. The van der Waals surface area contributed by atoms with Crippen LogP contribution in [0.2, 0.25) is 5.02 Å². The second kappa shape index (κ2) is 8.95. The molecule has 0 spiro atoms. The van der Waals surface area contributed by atoms with Gasteiger partial charge in [-0.15, -0.1) is 0 Å². The van der Waals surface area contributed by atoms with E-state index in [1.165, 1.54) is 0 Å². The summed E-state index contributed by atoms with van der Waals surface area (Å²) in [5.41, 5.74) is 4.64. The first-order valence-electron chi connectivity index (χ1n) is 9.39. The zero-order valence-electron chi connectivity index (χ0n) is 16.3. The van der Waals surface area contributed by atoms with Gasteiger partial charge in [-0.2, -0.15) is 13.2 Å². The molecule has 0 bridgehead atoms. The maximum absolute atomic E-state index is 12.8. The van der Waals surface area contributed by atoms with Crippen LogP contribution < -0.4 is 5.32 Å². The molecule has 2 N–H and O–H groups in total. The molecule has 2 aromatic rings. The van der Waals surface area contributed by atoms with Crippen molar-refractivity contribution in [2.75, 3.05) is 18.4 Å². The fourth-order valence-electron chi connectivity index (χ4n) is 3.48. The van der Waals surface area contributed by atoms with Crippen LogP contribution in [0.4, 0.5) is 18.9 Å². The summed E-state index contributed by atoms with van der Waals surface area (Å²) in [5, 5.41) is 15.8. The average Bonchev–Trinajstić information content (AvgIpc) is 2.94. The van der Waals surface area contributed by atoms with Crippen molar-refractivity contribution in [3.8, 4) is 0 Å². The first-order valence-corrected chi connectivity index (χ1v) is 9.76. The van der Waals surface area contributed by atoms with E-state index in [0.717, 1.165) is 27.2 Å². The van der Waals surface area contributed by atoms with E-state index in [4.69, 9.17) is 16.8 Å². The lowest BCUT2D eigenvalue weighted by atomic mass is 10.0. The molecule has 3 rings (SSSR count). The Morgan fingerprint density at radius 3 is 2.47 bits per heavy atom. The first kappa shape index (κ1) is 22.0. The zero-order valence-corrected chi connectivity index (χ0v) is 17.0. The number of benzene rings is 2. The number of rotatable bonds is 4. The van der Waals surface area contributed by atoms with E-state index in [0.29, 0.717) is 29.4 Å².